The summed E-state index contributed by atoms with van der Waals surface area (Å²) in [6.45, 7) is 1.07. The van der Waals surface area contributed by atoms with E-state index in [1.807, 2.05) is 29.5 Å². The van der Waals surface area contributed by atoms with Crippen LogP contribution in [0.5, 0.6) is 0 Å². The van der Waals surface area contributed by atoms with E-state index in [9.17, 15) is 9.18 Å². The number of nitrogens with zero attached hydrogens (tertiary/aromatic N) is 3. The van der Waals surface area contributed by atoms with Crippen molar-refractivity contribution in [1.29, 1.82) is 0 Å². The number of carbonyl (C=O) groups is 1. The van der Waals surface area contributed by atoms with Gasteiger partial charge in [-0.2, -0.15) is 0 Å². The minimum atomic E-state index is -0.453. The average Bonchev–Trinajstić information content (AvgIpc) is 3.11. The summed E-state index contributed by atoms with van der Waals surface area (Å²) in [5.74, 6) is 0.0284. The third-order valence-electron chi connectivity index (χ3n) is 3.63. The molecule has 148 valence electrons. The molecule has 1 aromatic carbocycles. The zero-order valence-electron chi connectivity index (χ0n) is 15.4. The first-order valence-electron chi connectivity index (χ1n) is 8.02. The van der Waals surface area contributed by atoms with Crippen LogP contribution >= 0.6 is 46.9 Å². The van der Waals surface area contributed by atoms with Crippen LogP contribution < -0.4 is 5.32 Å². The Morgan fingerprint density at radius 1 is 1.30 bits per heavy atom. The van der Waals surface area contributed by atoms with E-state index in [1.165, 1.54) is 17.0 Å². The largest absolute Gasteiger partial charge is 0.351 e. The third kappa shape index (κ3) is 7.63. The van der Waals surface area contributed by atoms with E-state index < -0.39 is 5.82 Å². The summed E-state index contributed by atoms with van der Waals surface area (Å²) in [5.41, 5.74) is 0.763. The molecule has 2 aromatic rings. The maximum atomic E-state index is 13.7. The number of hydrogen-bond donors (Lipinski definition) is 1. The van der Waals surface area contributed by atoms with Crippen LogP contribution in [0.25, 0.3) is 0 Å². The van der Waals surface area contributed by atoms with Gasteiger partial charge in [0.15, 0.2) is 5.96 Å². The van der Waals surface area contributed by atoms with E-state index in [4.69, 9.17) is 11.6 Å². The molecule has 9 heteroatoms. The molecule has 27 heavy (non-hydrogen) atoms. The molecule has 0 aliphatic heterocycles. The highest BCUT2D eigenvalue weighted by Gasteiger charge is 2.11. The number of hydrogen-bond acceptors (Lipinski definition) is 3. The number of aliphatic imine (C=N–C) groups is 1. The number of thiophene rings is 1. The Bertz CT molecular complexity index is 771. The van der Waals surface area contributed by atoms with Crippen molar-refractivity contribution in [2.45, 2.75) is 13.1 Å². The average molecular weight is 525 g/mol. The number of amides is 1. The molecular formula is C18H23ClFIN4OS. The number of rotatable bonds is 6. The molecule has 1 heterocycles. The summed E-state index contributed by atoms with van der Waals surface area (Å²) in [6, 6.07) is 8.71. The Morgan fingerprint density at radius 3 is 2.63 bits per heavy atom. The molecule has 0 unspecified atom stereocenters. The lowest BCUT2D eigenvalue weighted by atomic mass is 10.2. The van der Waals surface area contributed by atoms with Crippen LogP contribution in [0.1, 0.15) is 10.4 Å². The van der Waals surface area contributed by atoms with Gasteiger partial charge in [-0.05, 0) is 29.1 Å². The normalized spacial score (nSPS) is 10.9. The Hall–Kier alpha value is -1.39. The van der Waals surface area contributed by atoms with Gasteiger partial charge in [-0.1, -0.05) is 23.7 Å². The fourth-order valence-electron chi connectivity index (χ4n) is 2.16. The maximum Gasteiger partial charge on any atom is 0.243 e. The van der Waals surface area contributed by atoms with E-state index >= 15 is 0 Å². The Balaban J connectivity index is 0.00000364. The predicted octanol–water partition coefficient (Wildman–Crippen LogP) is 3.82. The van der Waals surface area contributed by atoms with Crippen molar-refractivity contribution in [3.05, 3.63) is 57.0 Å². The van der Waals surface area contributed by atoms with E-state index in [0.29, 0.717) is 19.0 Å². The molecule has 1 N–H and O–H groups in total. The molecule has 0 aliphatic rings. The molecule has 2 rings (SSSR count). The summed E-state index contributed by atoms with van der Waals surface area (Å²) in [4.78, 5) is 20.8. The number of halogens is 3. The summed E-state index contributed by atoms with van der Waals surface area (Å²) in [7, 11) is 5.22. The molecule has 0 spiro atoms. The van der Waals surface area contributed by atoms with Gasteiger partial charge in [0.2, 0.25) is 5.91 Å². The molecule has 0 fully saturated rings. The minimum absolute atomic E-state index is 0. The van der Waals surface area contributed by atoms with Crippen LogP contribution in [-0.4, -0.2) is 49.4 Å². The lowest BCUT2D eigenvalue weighted by Crippen LogP contribution is -2.39. The first kappa shape index (κ1) is 23.6. The molecule has 0 aliphatic carbocycles. The fourth-order valence-corrected chi connectivity index (χ4v) is 2.92. The van der Waals surface area contributed by atoms with E-state index in [-0.39, 0.29) is 41.5 Å². The van der Waals surface area contributed by atoms with E-state index in [1.54, 1.807) is 31.5 Å². The third-order valence-corrected chi connectivity index (χ3v) is 4.81. The highest BCUT2D eigenvalue weighted by molar-refractivity contribution is 14.0. The Morgan fingerprint density at radius 2 is 2.04 bits per heavy atom. The molecular weight excluding hydrogens is 502 g/mol. The zero-order valence-corrected chi connectivity index (χ0v) is 19.3. The summed E-state index contributed by atoms with van der Waals surface area (Å²) < 4.78 is 13.7. The van der Waals surface area contributed by atoms with Crippen LogP contribution in [0.15, 0.2) is 40.7 Å². The topological polar surface area (TPSA) is 47.9 Å². The van der Waals surface area contributed by atoms with Gasteiger partial charge in [-0.15, -0.1) is 35.3 Å². The van der Waals surface area contributed by atoms with E-state index in [0.717, 1.165) is 10.4 Å². The quantitative estimate of drug-likeness (QED) is 0.355. The second kappa shape index (κ2) is 11.5. The van der Waals surface area contributed by atoms with Crippen molar-refractivity contribution in [2.24, 2.45) is 4.99 Å². The first-order chi connectivity index (χ1) is 12.4. The van der Waals surface area contributed by atoms with Gasteiger partial charge in [0.1, 0.15) is 12.4 Å². The number of nitrogens with one attached hydrogen (secondary N) is 1. The Kier molecular flexibility index (Phi) is 10.0. The van der Waals surface area contributed by atoms with Gasteiger partial charge in [0.05, 0.1) is 11.6 Å². The molecule has 1 aromatic heterocycles. The standard InChI is InChI=1S/C18H22ClFN4OS.HI/c1-23(2)17(25)11-22-18(21-10-14-5-4-8-26-14)24(3)12-13-6-7-15(19)16(20)9-13;/h4-9H,10-12H2,1-3H3,(H,21,22);1H. The van der Waals surface area contributed by atoms with Crippen molar-refractivity contribution in [3.8, 4) is 0 Å². The lowest BCUT2D eigenvalue weighted by Gasteiger charge is -2.23. The zero-order chi connectivity index (χ0) is 19.1. The highest BCUT2D eigenvalue weighted by atomic mass is 127. The Labute approximate surface area is 185 Å². The van der Waals surface area contributed by atoms with Crippen molar-refractivity contribution < 1.29 is 9.18 Å². The van der Waals surface area contributed by atoms with Gasteiger partial charge in [0.25, 0.3) is 0 Å². The SMILES string of the molecule is CN(C)C(=O)CN=C(NCc1cccs1)N(C)Cc1ccc(Cl)c(F)c1.I. The molecule has 1 amide bonds. The molecule has 0 saturated heterocycles. The monoisotopic (exact) mass is 524 g/mol. The van der Waals surface area contributed by atoms with Crippen molar-refractivity contribution in [2.75, 3.05) is 27.7 Å². The smallest absolute Gasteiger partial charge is 0.243 e. The molecule has 0 radical (unpaired) electrons. The first-order valence-corrected chi connectivity index (χ1v) is 9.28. The van der Waals surface area contributed by atoms with Crippen molar-refractivity contribution >= 4 is 58.8 Å². The number of carbonyl (C=O) groups excluding carboxylic acids is 1. The molecule has 0 bridgehead atoms. The maximum absolute atomic E-state index is 13.7. The van der Waals surface area contributed by atoms with Gasteiger partial charge < -0.3 is 15.1 Å². The van der Waals surface area contributed by atoms with Gasteiger partial charge in [0, 0.05) is 32.6 Å². The minimum Gasteiger partial charge on any atom is -0.351 e. The van der Waals surface area contributed by atoms with Crippen LogP contribution in [0.2, 0.25) is 5.02 Å². The second-order valence-electron chi connectivity index (χ2n) is 5.97. The van der Waals surface area contributed by atoms with Crippen molar-refractivity contribution in [3.63, 3.8) is 0 Å². The molecule has 0 atom stereocenters. The van der Waals surface area contributed by atoms with Crippen LogP contribution in [0.4, 0.5) is 4.39 Å². The number of benzene rings is 1. The fraction of sp³-hybridized carbons (Fsp3) is 0.333. The molecule has 0 saturated carbocycles. The van der Waals surface area contributed by atoms with Gasteiger partial charge >= 0.3 is 0 Å². The molecule has 5 nitrogen and oxygen atoms in total. The summed E-state index contributed by atoms with van der Waals surface area (Å²) in [5, 5.41) is 5.36. The van der Waals surface area contributed by atoms with Crippen LogP contribution in [-0.2, 0) is 17.9 Å². The summed E-state index contributed by atoms with van der Waals surface area (Å²) >= 11 is 7.37. The highest BCUT2D eigenvalue weighted by Crippen LogP contribution is 2.16. The lowest BCUT2D eigenvalue weighted by molar-refractivity contribution is -0.127. The van der Waals surface area contributed by atoms with Gasteiger partial charge in [-0.3, -0.25) is 4.79 Å². The second-order valence-corrected chi connectivity index (χ2v) is 7.40. The number of guanidine groups is 1. The van der Waals surface area contributed by atoms with E-state index in [2.05, 4.69) is 10.3 Å². The van der Waals surface area contributed by atoms with Gasteiger partial charge in [-0.25, -0.2) is 9.38 Å². The van der Waals surface area contributed by atoms with Crippen LogP contribution in [0.3, 0.4) is 0 Å². The predicted molar refractivity (Wildman–Crippen MR) is 120 cm³/mol. The number of likely N-dealkylation sites (N-methyl/N-ethyl adjacent to an activating group) is 1. The summed E-state index contributed by atoms with van der Waals surface area (Å²) in [6.07, 6.45) is 0. The van der Waals surface area contributed by atoms with Crippen molar-refractivity contribution in [1.82, 2.24) is 15.1 Å². The van der Waals surface area contributed by atoms with Crippen LogP contribution in [0, 0.1) is 5.82 Å².